The lowest BCUT2D eigenvalue weighted by Crippen LogP contribution is -2.39. The van der Waals surface area contributed by atoms with E-state index in [-0.39, 0.29) is 28.9 Å². The lowest BCUT2D eigenvalue weighted by atomic mass is 9.97. The zero-order chi connectivity index (χ0) is 30.1. The third-order valence-corrected chi connectivity index (χ3v) is 9.66. The number of unbranched alkanes of at least 4 members (excludes halogenated alkanes) is 1. The first kappa shape index (κ1) is 30.7. The maximum atomic E-state index is 13.5. The molecule has 0 bridgehead atoms. The number of carbonyl (C=O) groups is 1. The summed E-state index contributed by atoms with van der Waals surface area (Å²) in [6, 6.07) is 31.4. The number of sulfonamides is 1. The Balaban J connectivity index is 1.26. The molecule has 1 aliphatic rings. The maximum absolute atomic E-state index is 13.5. The van der Waals surface area contributed by atoms with Crippen molar-refractivity contribution in [2.24, 2.45) is 5.92 Å². The number of allylic oxidation sites excluding steroid dienone is 2. The van der Waals surface area contributed by atoms with Gasteiger partial charge in [0.25, 0.3) is 0 Å². The number of carbonyl (C=O) groups excluding carboxylic acids is 1. The standard InChI is InChI=1S/C36H39NO5S/c1-41-36(38)16-8-3-2-7-15-33-34(37-43(39,40)32-22-21-29-13-9-10-14-31(29)25-32)23-24-35(33)42-26-27-17-19-30(20-18-27)28-11-5-4-6-12-28/h2,4-7,9-14,17-22,25,33-35,37H,3,8,15-16,23-24,26H2,1H3/t33-,34+,35+/m1/s1. The first-order chi connectivity index (χ1) is 20.9. The lowest BCUT2D eigenvalue weighted by Gasteiger charge is -2.25. The van der Waals surface area contributed by atoms with Crippen molar-refractivity contribution >= 4 is 26.8 Å². The van der Waals surface area contributed by atoms with E-state index in [9.17, 15) is 13.2 Å². The van der Waals surface area contributed by atoms with E-state index >= 15 is 0 Å². The summed E-state index contributed by atoms with van der Waals surface area (Å²) in [7, 11) is -2.32. The smallest absolute Gasteiger partial charge is 0.305 e. The molecule has 0 spiro atoms. The molecule has 1 aliphatic carbocycles. The molecule has 5 rings (SSSR count). The molecule has 0 aliphatic heterocycles. The van der Waals surface area contributed by atoms with E-state index in [0.29, 0.717) is 32.3 Å². The van der Waals surface area contributed by atoms with Gasteiger partial charge in [-0.15, -0.1) is 0 Å². The predicted octanol–water partition coefficient (Wildman–Crippen LogP) is 7.44. The second-order valence-electron chi connectivity index (χ2n) is 11.1. The van der Waals surface area contributed by atoms with Gasteiger partial charge >= 0.3 is 5.97 Å². The van der Waals surface area contributed by atoms with Crippen LogP contribution in [0, 0.1) is 5.92 Å². The van der Waals surface area contributed by atoms with Crippen LogP contribution in [0.2, 0.25) is 0 Å². The molecule has 7 heteroatoms. The van der Waals surface area contributed by atoms with Crippen LogP contribution in [0.15, 0.2) is 114 Å². The number of hydrogen-bond donors (Lipinski definition) is 1. The number of ether oxygens (including phenoxy) is 2. The number of methoxy groups -OCH3 is 1. The minimum Gasteiger partial charge on any atom is -0.469 e. The summed E-state index contributed by atoms with van der Waals surface area (Å²) in [5.74, 6) is -0.228. The Morgan fingerprint density at radius 3 is 2.35 bits per heavy atom. The fraction of sp³-hybridized carbons (Fsp3) is 0.306. The second-order valence-corrected chi connectivity index (χ2v) is 12.8. The van der Waals surface area contributed by atoms with Crippen molar-refractivity contribution < 1.29 is 22.7 Å². The number of fused-ring (bicyclic) bond motifs is 1. The van der Waals surface area contributed by atoms with Gasteiger partial charge in [0, 0.05) is 18.4 Å². The molecule has 1 N–H and O–H groups in total. The summed E-state index contributed by atoms with van der Waals surface area (Å²) in [5, 5.41) is 1.89. The Morgan fingerprint density at radius 2 is 1.58 bits per heavy atom. The molecular weight excluding hydrogens is 558 g/mol. The molecule has 0 heterocycles. The van der Waals surface area contributed by atoms with Crippen LogP contribution in [0.3, 0.4) is 0 Å². The van der Waals surface area contributed by atoms with Crippen molar-refractivity contribution in [2.75, 3.05) is 7.11 Å². The van der Waals surface area contributed by atoms with Gasteiger partial charge in [-0.1, -0.05) is 97.1 Å². The van der Waals surface area contributed by atoms with Gasteiger partial charge in [-0.3, -0.25) is 4.79 Å². The van der Waals surface area contributed by atoms with Gasteiger partial charge in [-0.2, -0.15) is 0 Å². The topological polar surface area (TPSA) is 81.7 Å². The van der Waals surface area contributed by atoms with Crippen LogP contribution >= 0.6 is 0 Å². The van der Waals surface area contributed by atoms with Crippen LogP contribution in [-0.4, -0.2) is 33.6 Å². The molecule has 0 unspecified atom stereocenters. The lowest BCUT2D eigenvalue weighted by molar-refractivity contribution is -0.140. The van der Waals surface area contributed by atoms with E-state index in [1.54, 1.807) is 12.1 Å². The van der Waals surface area contributed by atoms with Crippen molar-refractivity contribution in [3.8, 4) is 11.1 Å². The Hall–Kier alpha value is -3.78. The van der Waals surface area contributed by atoms with Crippen molar-refractivity contribution in [2.45, 2.75) is 62.2 Å². The van der Waals surface area contributed by atoms with Crippen molar-refractivity contribution in [1.82, 2.24) is 4.72 Å². The molecule has 4 aromatic carbocycles. The Labute approximate surface area is 254 Å². The van der Waals surface area contributed by atoms with Crippen molar-refractivity contribution in [3.05, 3.63) is 115 Å². The van der Waals surface area contributed by atoms with Gasteiger partial charge in [0.1, 0.15) is 0 Å². The summed E-state index contributed by atoms with van der Waals surface area (Å²) in [6.45, 7) is 0.462. The average Bonchev–Trinajstić information content (AvgIpc) is 3.41. The van der Waals surface area contributed by atoms with Gasteiger partial charge < -0.3 is 9.47 Å². The predicted molar refractivity (Wildman–Crippen MR) is 171 cm³/mol. The monoisotopic (exact) mass is 597 g/mol. The van der Waals surface area contributed by atoms with Crippen LogP contribution < -0.4 is 4.72 Å². The number of rotatable bonds is 13. The zero-order valence-corrected chi connectivity index (χ0v) is 25.3. The molecule has 0 amide bonds. The van der Waals surface area contributed by atoms with Gasteiger partial charge in [0.05, 0.1) is 24.7 Å². The van der Waals surface area contributed by atoms with Gasteiger partial charge in [-0.05, 0) is 71.7 Å². The van der Waals surface area contributed by atoms with E-state index in [4.69, 9.17) is 9.47 Å². The number of hydrogen-bond acceptors (Lipinski definition) is 5. The molecule has 0 aromatic heterocycles. The van der Waals surface area contributed by atoms with E-state index in [1.165, 1.54) is 12.7 Å². The van der Waals surface area contributed by atoms with Crippen LogP contribution in [-0.2, 0) is 30.9 Å². The van der Waals surface area contributed by atoms with Gasteiger partial charge in [-0.25, -0.2) is 13.1 Å². The first-order valence-corrected chi connectivity index (χ1v) is 16.4. The van der Waals surface area contributed by atoms with E-state index in [1.807, 2.05) is 48.5 Å². The summed E-state index contributed by atoms with van der Waals surface area (Å²) >= 11 is 0. The number of esters is 1. The van der Waals surface area contributed by atoms with Crippen LogP contribution in [0.25, 0.3) is 21.9 Å². The average molecular weight is 598 g/mol. The van der Waals surface area contributed by atoms with E-state index in [0.717, 1.165) is 34.7 Å². The number of nitrogens with one attached hydrogen (secondary N) is 1. The van der Waals surface area contributed by atoms with Crippen LogP contribution in [0.4, 0.5) is 0 Å². The normalized spacial score (nSPS) is 18.8. The minimum atomic E-state index is -3.72. The highest BCUT2D eigenvalue weighted by atomic mass is 32.2. The SMILES string of the molecule is COC(=O)CCCC=CC[C@@H]1[C@@H](NS(=O)(=O)c2ccc3ccccc3c2)CC[C@@H]1OCc1ccc(-c2ccccc2)cc1. The molecule has 224 valence electrons. The third kappa shape index (κ3) is 8.20. The van der Waals surface area contributed by atoms with Crippen molar-refractivity contribution in [1.29, 1.82) is 0 Å². The Bertz CT molecular complexity index is 1630. The van der Waals surface area contributed by atoms with Crippen LogP contribution in [0.5, 0.6) is 0 Å². The van der Waals surface area contributed by atoms with Crippen LogP contribution in [0.1, 0.15) is 44.1 Å². The molecule has 0 saturated heterocycles. The summed E-state index contributed by atoms with van der Waals surface area (Å²) in [6.07, 6.45) is 8.08. The summed E-state index contributed by atoms with van der Waals surface area (Å²) < 4.78 is 41.2. The molecule has 3 atom stereocenters. The molecule has 1 saturated carbocycles. The highest BCUT2D eigenvalue weighted by molar-refractivity contribution is 7.89. The molecule has 6 nitrogen and oxygen atoms in total. The molecular formula is C36H39NO5S. The highest BCUT2D eigenvalue weighted by Crippen LogP contribution is 2.34. The van der Waals surface area contributed by atoms with E-state index in [2.05, 4.69) is 53.3 Å². The summed E-state index contributed by atoms with van der Waals surface area (Å²) in [5.41, 5.74) is 3.41. The second kappa shape index (κ2) is 14.6. The maximum Gasteiger partial charge on any atom is 0.305 e. The summed E-state index contributed by atoms with van der Waals surface area (Å²) in [4.78, 5) is 11.7. The molecule has 43 heavy (non-hydrogen) atoms. The molecule has 1 fully saturated rings. The largest absolute Gasteiger partial charge is 0.469 e. The van der Waals surface area contributed by atoms with E-state index < -0.39 is 10.0 Å². The van der Waals surface area contributed by atoms with Gasteiger partial charge in [0.2, 0.25) is 10.0 Å². The van der Waals surface area contributed by atoms with Crippen molar-refractivity contribution in [3.63, 3.8) is 0 Å². The quantitative estimate of drug-likeness (QED) is 0.0984. The Morgan fingerprint density at radius 1 is 0.860 bits per heavy atom. The Kier molecular flexibility index (Phi) is 10.4. The zero-order valence-electron chi connectivity index (χ0n) is 24.5. The first-order valence-electron chi connectivity index (χ1n) is 14.9. The number of benzene rings is 4. The molecule has 0 radical (unpaired) electrons. The van der Waals surface area contributed by atoms with Gasteiger partial charge in [0.15, 0.2) is 0 Å². The fourth-order valence-corrected chi connectivity index (χ4v) is 7.12. The fourth-order valence-electron chi connectivity index (χ4n) is 5.77. The molecule has 4 aromatic rings. The minimum absolute atomic E-state index is 0.0179. The third-order valence-electron chi connectivity index (χ3n) is 8.17. The highest BCUT2D eigenvalue weighted by Gasteiger charge is 2.38.